The van der Waals surface area contributed by atoms with Crippen LogP contribution in [0, 0.1) is 0 Å². The maximum atomic E-state index is 13.3. The molecule has 1 aromatic heterocycles. The Balaban J connectivity index is 1.45. The van der Waals surface area contributed by atoms with Crippen LogP contribution in [0.4, 0.5) is 5.13 Å². The van der Waals surface area contributed by atoms with Gasteiger partial charge in [-0.1, -0.05) is 107 Å². The van der Waals surface area contributed by atoms with E-state index in [0.717, 1.165) is 11.1 Å². The molecule has 6 nitrogen and oxygen atoms in total. The van der Waals surface area contributed by atoms with Crippen LogP contribution in [0.15, 0.2) is 101 Å². The molecule has 1 amide bonds. The molecule has 0 saturated carbocycles. The molecule has 0 bridgehead atoms. The number of allylic oxidation sites excluding steroid dienone is 1. The van der Waals surface area contributed by atoms with E-state index in [-0.39, 0.29) is 10.7 Å². The molecule has 1 N–H and O–H groups in total. The monoisotopic (exact) mass is 579 g/mol. The van der Waals surface area contributed by atoms with Crippen molar-refractivity contribution in [3.8, 4) is 0 Å². The molecule has 0 aliphatic carbocycles. The van der Waals surface area contributed by atoms with Crippen molar-refractivity contribution in [1.29, 1.82) is 0 Å². The Morgan fingerprint density at radius 3 is 2.32 bits per heavy atom. The van der Waals surface area contributed by atoms with Gasteiger partial charge in [-0.15, -0.1) is 10.2 Å². The Bertz CT molecular complexity index is 1540. The van der Waals surface area contributed by atoms with Gasteiger partial charge in [-0.2, -0.15) is 0 Å². The van der Waals surface area contributed by atoms with E-state index in [2.05, 4.69) is 10.2 Å². The highest BCUT2D eigenvalue weighted by atomic mass is 35.5. The highest BCUT2D eigenvalue weighted by molar-refractivity contribution is 8.00. The fourth-order valence-corrected chi connectivity index (χ4v) is 6.00. The second-order valence-corrected chi connectivity index (χ2v) is 11.3. The van der Waals surface area contributed by atoms with Crippen molar-refractivity contribution in [2.75, 3.05) is 4.90 Å². The molecule has 4 aromatic rings. The van der Waals surface area contributed by atoms with Crippen molar-refractivity contribution in [3.63, 3.8) is 0 Å². The number of benzene rings is 3. The van der Waals surface area contributed by atoms with Crippen LogP contribution in [0.25, 0.3) is 6.08 Å². The van der Waals surface area contributed by atoms with E-state index in [4.69, 9.17) is 23.2 Å². The van der Waals surface area contributed by atoms with Crippen LogP contribution in [0.5, 0.6) is 0 Å². The number of amides is 1. The maximum absolute atomic E-state index is 13.3. The van der Waals surface area contributed by atoms with Crippen molar-refractivity contribution < 1.29 is 14.7 Å². The summed E-state index contributed by atoms with van der Waals surface area (Å²) in [6.45, 7) is 0. The summed E-state index contributed by atoms with van der Waals surface area (Å²) in [5, 5.41) is 20.8. The van der Waals surface area contributed by atoms with Crippen LogP contribution in [0.1, 0.15) is 22.7 Å². The summed E-state index contributed by atoms with van der Waals surface area (Å²) >= 11 is 14.7. The van der Waals surface area contributed by atoms with E-state index < -0.39 is 23.5 Å². The minimum atomic E-state index is -0.894. The highest BCUT2D eigenvalue weighted by Crippen LogP contribution is 2.43. The SMILES string of the molecule is O=C(/C=C/c1ccccc1)C1=C(O)C(=O)N(c2nnc(SCc3ccc(Cl)cc3)s2)C1c1ccc(Cl)cc1. The van der Waals surface area contributed by atoms with Crippen LogP contribution in [0.3, 0.4) is 0 Å². The first-order valence-electron chi connectivity index (χ1n) is 11.4. The number of hydrogen-bond donors (Lipinski definition) is 1. The lowest BCUT2D eigenvalue weighted by atomic mass is 9.96. The molecule has 38 heavy (non-hydrogen) atoms. The zero-order valence-electron chi connectivity index (χ0n) is 19.6. The van der Waals surface area contributed by atoms with Crippen molar-refractivity contribution >= 4 is 69.2 Å². The van der Waals surface area contributed by atoms with Gasteiger partial charge in [0.1, 0.15) is 0 Å². The number of aliphatic hydroxyl groups excluding tert-OH is 1. The van der Waals surface area contributed by atoms with Crippen LogP contribution < -0.4 is 4.90 Å². The first kappa shape index (κ1) is 26.2. The molecule has 2 heterocycles. The Kier molecular flexibility index (Phi) is 7.95. The topological polar surface area (TPSA) is 83.4 Å². The number of ketones is 1. The van der Waals surface area contributed by atoms with E-state index in [1.807, 2.05) is 54.6 Å². The number of aliphatic hydroxyl groups is 1. The number of carbonyl (C=O) groups is 2. The van der Waals surface area contributed by atoms with Gasteiger partial charge < -0.3 is 5.11 Å². The number of aromatic nitrogens is 2. The highest BCUT2D eigenvalue weighted by Gasteiger charge is 2.45. The molecule has 1 unspecified atom stereocenters. The average molecular weight is 581 g/mol. The van der Waals surface area contributed by atoms with Gasteiger partial charge in [-0.05, 0) is 47.0 Å². The van der Waals surface area contributed by atoms with Gasteiger partial charge in [-0.3, -0.25) is 14.5 Å². The lowest BCUT2D eigenvalue weighted by Gasteiger charge is -2.23. The van der Waals surface area contributed by atoms with E-state index >= 15 is 0 Å². The third-order valence-electron chi connectivity index (χ3n) is 5.76. The van der Waals surface area contributed by atoms with Crippen LogP contribution >= 0.6 is 46.3 Å². The van der Waals surface area contributed by atoms with E-state index in [0.29, 0.717) is 25.7 Å². The minimum absolute atomic E-state index is 0.0323. The van der Waals surface area contributed by atoms with E-state index in [1.165, 1.54) is 34.1 Å². The van der Waals surface area contributed by atoms with Crippen LogP contribution in [-0.2, 0) is 15.3 Å². The zero-order valence-corrected chi connectivity index (χ0v) is 22.8. The Morgan fingerprint density at radius 1 is 0.974 bits per heavy atom. The molecular weight excluding hydrogens is 561 g/mol. The van der Waals surface area contributed by atoms with E-state index in [9.17, 15) is 14.7 Å². The molecular formula is C28H19Cl2N3O3S2. The summed E-state index contributed by atoms with van der Waals surface area (Å²) in [7, 11) is 0. The van der Waals surface area contributed by atoms with Crippen molar-refractivity contribution in [2.24, 2.45) is 0 Å². The maximum Gasteiger partial charge on any atom is 0.296 e. The Hall–Kier alpha value is -3.43. The lowest BCUT2D eigenvalue weighted by Crippen LogP contribution is -2.30. The molecule has 5 rings (SSSR count). The molecule has 0 fully saturated rings. The molecule has 0 spiro atoms. The van der Waals surface area contributed by atoms with Gasteiger partial charge in [0.05, 0.1) is 11.6 Å². The zero-order chi connectivity index (χ0) is 26.6. The number of hydrogen-bond acceptors (Lipinski definition) is 7. The second kappa shape index (κ2) is 11.5. The number of anilines is 1. The van der Waals surface area contributed by atoms with Gasteiger partial charge in [0.2, 0.25) is 5.13 Å². The van der Waals surface area contributed by atoms with Crippen molar-refractivity contribution in [2.45, 2.75) is 16.1 Å². The molecule has 0 radical (unpaired) electrons. The van der Waals surface area contributed by atoms with Crippen LogP contribution in [0.2, 0.25) is 10.0 Å². The number of rotatable bonds is 8. The van der Waals surface area contributed by atoms with E-state index in [1.54, 1.807) is 30.3 Å². The van der Waals surface area contributed by atoms with Gasteiger partial charge in [-0.25, -0.2) is 0 Å². The Morgan fingerprint density at radius 2 is 1.63 bits per heavy atom. The summed E-state index contributed by atoms with van der Waals surface area (Å²) in [4.78, 5) is 27.9. The number of halogens is 2. The molecule has 1 aliphatic rings. The summed E-state index contributed by atoms with van der Waals surface area (Å²) in [5.74, 6) is -1.17. The minimum Gasteiger partial charge on any atom is -0.503 e. The molecule has 0 saturated heterocycles. The van der Waals surface area contributed by atoms with Gasteiger partial charge in [0.15, 0.2) is 15.9 Å². The molecule has 190 valence electrons. The molecule has 3 aromatic carbocycles. The first-order chi connectivity index (χ1) is 18.4. The summed E-state index contributed by atoms with van der Waals surface area (Å²) in [5.41, 5.74) is 2.45. The van der Waals surface area contributed by atoms with Gasteiger partial charge in [0.25, 0.3) is 5.91 Å². The summed E-state index contributed by atoms with van der Waals surface area (Å²) in [6.07, 6.45) is 3.00. The molecule has 10 heteroatoms. The number of thioether (sulfide) groups is 1. The average Bonchev–Trinajstić information content (AvgIpc) is 3.50. The number of nitrogens with zero attached hydrogens (tertiary/aromatic N) is 3. The quantitative estimate of drug-likeness (QED) is 0.134. The Labute approximate surface area is 237 Å². The molecule has 1 atom stereocenters. The molecule has 1 aliphatic heterocycles. The fourth-order valence-electron chi connectivity index (χ4n) is 3.92. The predicted molar refractivity (Wildman–Crippen MR) is 153 cm³/mol. The second-order valence-electron chi connectivity index (χ2n) is 8.27. The lowest BCUT2D eigenvalue weighted by molar-refractivity contribution is -0.117. The summed E-state index contributed by atoms with van der Waals surface area (Å²) < 4.78 is 0.640. The third-order valence-corrected chi connectivity index (χ3v) is 8.39. The normalized spacial score (nSPS) is 15.6. The van der Waals surface area contributed by atoms with Crippen molar-refractivity contribution in [3.05, 3.63) is 123 Å². The van der Waals surface area contributed by atoms with Crippen LogP contribution in [-0.4, -0.2) is 27.0 Å². The first-order valence-corrected chi connectivity index (χ1v) is 14.0. The fraction of sp³-hybridized carbons (Fsp3) is 0.0714. The predicted octanol–water partition coefficient (Wildman–Crippen LogP) is 7.32. The third kappa shape index (κ3) is 5.68. The van der Waals surface area contributed by atoms with Gasteiger partial charge in [0, 0.05) is 15.8 Å². The van der Waals surface area contributed by atoms with Crippen molar-refractivity contribution in [1.82, 2.24) is 10.2 Å². The summed E-state index contributed by atoms with van der Waals surface area (Å²) in [6, 6.07) is 22.7. The smallest absolute Gasteiger partial charge is 0.296 e. The largest absolute Gasteiger partial charge is 0.503 e. The number of carbonyl (C=O) groups excluding carboxylic acids is 2. The standard InChI is InChI=1S/C28H19Cl2N3O3S2/c29-20-11-6-18(7-12-20)16-37-28-32-31-27(38-28)33-24(19-9-13-21(30)14-10-19)23(25(35)26(33)36)22(34)15-8-17-4-2-1-3-5-17/h1-15,24,35H,16H2/b15-8+. The van der Waals surface area contributed by atoms with Gasteiger partial charge >= 0.3 is 0 Å².